The minimum Gasteiger partial charge on any atom is -0.537 e. The quantitative estimate of drug-likeness (QED) is 0.558. The van der Waals surface area contributed by atoms with E-state index in [0.717, 1.165) is 36.8 Å². The first-order chi connectivity index (χ1) is 9.28. The molecule has 5 heteroatoms. The summed E-state index contributed by atoms with van der Waals surface area (Å²) in [5, 5.41) is 8.85. The molecule has 103 valence electrons. The molecule has 1 N–H and O–H groups in total. The van der Waals surface area contributed by atoms with Gasteiger partial charge < -0.3 is 9.68 Å². The van der Waals surface area contributed by atoms with Crippen molar-refractivity contribution in [3.8, 4) is 5.75 Å². The zero-order chi connectivity index (χ0) is 14.1. The molecule has 0 saturated carbocycles. The standard InChI is InChI=1S/C14H18BCl2O2/c1-2-11-7-8-14(19-15-18)13(6-4-10-17)12(11)5-3-9-16/h2,7-8,18H,1,3-6,9-10H2. The van der Waals surface area contributed by atoms with Crippen molar-refractivity contribution in [1.29, 1.82) is 0 Å². The first-order valence-corrected chi connectivity index (χ1v) is 7.37. The summed E-state index contributed by atoms with van der Waals surface area (Å²) in [6, 6.07) is 3.79. The van der Waals surface area contributed by atoms with E-state index in [1.54, 1.807) is 0 Å². The van der Waals surface area contributed by atoms with Gasteiger partial charge in [-0.1, -0.05) is 18.7 Å². The minimum absolute atomic E-state index is 0.593. The molecular formula is C14H18BCl2O2. The monoisotopic (exact) mass is 299 g/mol. The van der Waals surface area contributed by atoms with E-state index >= 15 is 0 Å². The van der Waals surface area contributed by atoms with E-state index in [0.29, 0.717) is 25.2 Å². The number of benzene rings is 1. The lowest BCUT2D eigenvalue weighted by atomic mass is 9.93. The Labute approximate surface area is 125 Å². The highest BCUT2D eigenvalue weighted by Crippen LogP contribution is 2.29. The molecule has 2 nitrogen and oxygen atoms in total. The van der Waals surface area contributed by atoms with E-state index < -0.39 is 0 Å². The Kier molecular flexibility index (Phi) is 8.03. The average Bonchev–Trinajstić information content (AvgIpc) is 2.44. The second-order valence-corrected chi connectivity index (χ2v) is 4.88. The molecule has 0 spiro atoms. The van der Waals surface area contributed by atoms with Crippen LogP contribution >= 0.6 is 23.2 Å². The van der Waals surface area contributed by atoms with Crippen LogP contribution in [0.1, 0.15) is 29.5 Å². The Bertz CT molecular complexity index is 411. The van der Waals surface area contributed by atoms with Gasteiger partial charge in [-0.2, -0.15) is 0 Å². The first kappa shape index (κ1) is 16.4. The maximum Gasteiger partial charge on any atom is 0.569 e. The van der Waals surface area contributed by atoms with E-state index in [-0.39, 0.29) is 0 Å². The predicted octanol–water partition coefficient (Wildman–Crippen LogP) is 3.58. The molecule has 0 aliphatic heterocycles. The fraction of sp³-hybridized carbons (Fsp3) is 0.429. The van der Waals surface area contributed by atoms with Crippen LogP contribution < -0.4 is 4.65 Å². The molecule has 0 heterocycles. The van der Waals surface area contributed by atoms with Gasteiger partial charge in [0.1, 0.15) is 5.75 Å². The fourth-order valence-electron chi connectivity index (χ4n) is 2.10. The predicted molar refractivity (Wildman–Crippen MR) is 83.2 cm³/mol. The van der Waals surface area contributed by atoms with Crippen LogP contribution in [0.5, 0.6) is 5.75 Å². The van der Waals surface area contributed by atoms with E-state index in [2.05, 4.69) is 6.58 Å². The molecule has 0 bridgehead atoms. The Balaban J connectivity index is 3.15. The number of hydrogen-bond acceptors (Lipinski definition) is 2. The smallest absolute Gasteiger partial charge is 0.537 e. The molecule has 0 atom stereocenters. The average molecular weight is 300 g/mol. The van der Waals surface area contributed by atoms with Crippen molar-refractivity contribution in [3.05, 3.63) is 35.4 Å². The second-order valence-electron chi connectivity index (χ2n) is 4.12. The molecule has 1 aromatic carbocycles. The molecule has 1 radical (unpaired) electrons. The van der Waals surface area contributed by atoms with E-state index in [4.69, 9.17) is 32.9 Å². The third-order valence-corrected chi connectivity index (χ3v) is 3.48. The molecule has 0 aliphatic rings. The number of halogens is 2. The highest BCUT2D eigenvalue weighted by atomic mass is 35.5. The fourth-order valence-corrected chi connectivity index (χ4v) is 2.37. The van der Waals surface area contributed by atoms with Crippen molar-refractivity contribution in [1.82, 2.24) is 0 Å². The van der Waals surface area contributed by atoms with Gasteiger partial charge in [0.2, 0.25) is 0 Å². The van der Waals surface area contributed by atoms with Crippen LogP contribution in [0.3, 0.4) is 0 Å². The van der Waals surface area contributed by atoms with Gasteiger partial charge in [0.25, 0.3) is 0 Å². The van der Waals surface area contributed by atoms with Crippen LogP contribution in [0.15, 0.2) is 18.7 Å². The molecule has 19 heavy (non-hydrogen) atoms. The summed E-state index contributed by atoms with van der Waals surface area (Å²) in [5.74, 6) is 1.88. The van der Waals surface area contributed by atoms with Crippen LogP contribution in [0.4, 0.5) is 0 Å². The zero-order valence-electron chi connectivity index (χ0n) is 10.9. The lowest BCUT2D eigenvalue weighted by Gasteiger charge is -2.17. The summed E-state index contributed by atoms with van der Waals surface area (Å²) in [7, 11) is 0.707. The Morgan fingerprint density at radius 3 is 2.32 bits per heavy atom. The summed E-state index contributed by atoms with van der Waals surface area (Å²) in [5.41, 5.74) is 3.34. The molecule has 1 aromatic rings. The lowest BCUT2D eigenvalue weighted by Crippen LogP contribution is -2.07. The van der Waals surface area contributed by atoms with Gasteiger partial charge in [-0.3, -0.25) is 0 Å². The van der Waals surface area contributed by atoms with Gasteiger partial charge in [0.15, 0.2) is 0 Å². The van der Waals surface area contributed by atoms with E-state index in [9.17, 15) is 0 Å². The number of alkyl halides is 2. The summed E-state index contributed by atoms with van der Waals surface area (Å²) in [6.07, 6.45) is 5.26. The van der Waals surface area contributed by atoms with Gasteiger partial charge in [-0.15, -0.1) is 23.2 Å². The summed E-state index contributed by atoms with van der Waals surface area (Å²) < 4.78 is 5.17. The van der Waals surface area contributed by atoms with Crippen LogP contribution in [-0.4, -0.2) is 24.5 Å². The normalized spacial score (nSPS) is 10.3. The first-order valence-electron chi connectivity index (χ1n) is 6.30. The highest BCUT2D eigenvalue weighted by Gasteiger charge is 2.13. The van der Waals surface area contributed by atoms with Crippen molar-refractivity contribution in [3.63, 3.8) is 0 Å². The molecule has 0 unspecified atom stereocenters. The summed E-state index contributed by atoms with van der Waals surface area (Å²) in [4.78, 5) is 0. The molecule has 0 aliphatic carbocycles. The van der Waals surface area contributed by atoms with Gasteiger partial charge >= 0.3 is 7.69 Å². The summed E-state index contributed by atoms with van der Waals surface area (Å²) in [6.45, 7) is 3.84. The minimum atomic E-state index is 0.593. The molecule has 0 amide bonds. The van der Waals surface area contributed by atoms with Crippen molar-refractivity contribution >= 4 is 37.0 Å². The van der Waals surface area contributed by atoms with Gasteiger partial charge in [-0.05, 0) is 48.4 Å². The number of hydrogen-bond donors (Lipinski definition) is 1. The topological polar surface area (TPSA) is 29.5 Å². The van der Waals surface area contributed by atoms with Crippen molar-refractivity contribution < 1.29 is 9.68 Å². The third kappa shape index (κ3) is 4.75. The highest BCUT2D eigenvalue weighted by molar-refractivity contribution is 6.18. The molecule has 0 saturated heterocycles. The van der Waals surface area contributed by atoms with Crippen LogP contribution in [0.2, 0.25) is 0 Å². The second kappa shape index (κ2) is 9.30. The van der Waals surface area contributed by atoms with Crippen LogP contribution in [0, 0.1) is 0 Å². The Morgan fingerprint density at radius 2 is 1.79 bits per heavy atom. The third-order valence-electron chi connectivity index (χ3n) is 2.94. The van der Waals surface area contributed by atoms with Gasteiger partial charge in [0.05, 0.1) is 0 Å². The molecule has 0 fully saturated rings. The molecule has 0 aromatic heterocycles. The Hall–Kier alpha value is -0.635. The van der Waals surface area contributed by atoms with Crippen molar-refractivity contribution in [2.45, 2.75) is 25.7 Å². The van der Waals surface area contributed by atoms with Crippen molar-refractivity contribution in [2.75, 3.05) is 11.8 Å². The lowest BCUT2D eigenvalue weighted by molar-refractivity contribution is 0.449. The Morgan fingerprint density at radius 1 is 1.16 bits per heavy atom. The number of rotatable bonds is 9. The van der Waals surface area contributed by atoms with Gasteiger partial charge in [-0.25, -0.2) is 0 Å². The van der Waals surface area contributed by atoms with Gasteiger partial charge in [0, 0.05) is 11.8 Å². The van der Waals surface area contributed by atoms with E-state index in [1.165, 1.54) is 5.56 Å². The molecular weight excluding hydrogens is 282 g/mol. The SMILES string of the molecule is C=Cc1ccc(O[B]O)c(CCCCl)c1CCCCl. The zero-order valence-corrected chi connectivity index (χ0v) is 12.4. The largest absolute Gasteiger partial charge is 0.569 e. The summed E-state index contributed by atoms with van der Waals surface area (Å²) >= 11 is 11.6. The maximum atomic E-state index is 8.85. The van der Waals surface area contributed by atoms with Crippen molar-refractivity contribution in [2.24, 2.45) is 0 Å². The van der Waals surface area contributed by atoms with Crippen LogP contribution in [-0.2, 0) is 12.8 Å². The van der Waals surface area contributed by atoms with E-state index in [1.807, 2.05) is 18.2 Å². The maximum absolute atomic E-state index is 8.85. The van der Waals surface area contributed by atoms with Crippen LogP contribution in [0.25, 0.3) is 6.08 Å². The molecule has 1 rings (SSSR count).